The molecule has 2 rings (SSSR count). The highest BCUT2D eigenvalue weighted by Gasteiger charge is 2.42. The van der Waals surface area contributed by atoms with E-state index in [0.717, 1.165) is 26.1 Å². The number of hydrogen-bond acceptors (Lipinski definition) is 3. The Hall–Kier alpha value is -0.930. The van der Waals surface area contributed by atoms with Crippen molar-refractivity contribution in [3.63, 3.8) is 0 Å². The van der Waals surface area contributed by atoms with Crippen molar-refractivity contribution in [2.24, 2.45) is 5.92 Å². The molecule has 16 heavy (non-hydrogen) atoms. The van der Waals surface area contributed by atoms with E-state index < -0.39 is 5.60 Å². The summed E-state index contributed by atoms with van der Waals surface area (Å²) in [4.78, 5) is 6.31. The summed E-state index contributed by atoms with van der Waals surface area (Å²) < 4.78 is 0. The molecule has 1 aromatic heterocycles. The molecule has 0 atom stereocenters. The zero-order valence-electron chi connectivity index (χ0n) is 10.1. The van der Waals surface area contributed by atoms with Crippen LogP contribution in [0.15, 0.2) is 24.5 Å². The molecule has 0 bridgehead atoms. The lowest BCUT2D eigenvalue weighted by Gasteiger charge is -2.49. The summed E-state index contributed by atoms with van der Waals surface area (Å²) >= 11 is 0. The lowest BCUT2D eigenvalue weighted by Crippen LogP contribution is -2.64. The van der Waals surface area contributed by atoms with Gasteiger partial charge >= 0.3 is 0 Å². The first kappa shape index (κ1) is 11.6. The smallest absolute Gasteiger partial charge is 0.0922 e. The summed E-state index contributed by atoms with van der Waals surface area (Å²) in [6.07, 6.45) is 4.70. The van der Waals surface area contributed by atoms with Crippen LogP contribution in [0, 0.1) is 5.92 Å². The van der Waals surface area contributed by atoms with Crippen molar-refractivity contribution in [2.75, 3.05) is 19.6 Å². The van der Waals surface area contributed by atoms with Crippen molar-refractivity contribution < 1.29 is 5.11 Å². The Morgan fingerprint density at radius 2 is 2.00 bits per heavy atom. The van der Waals surface area contributed by atoms with Crippen molar-refractivity contribution in [3.8, 4) is 0 Å². The van der Waals surface area contributed by atoms with Gasteiger partial charge in [-0.1, -0.05) is 13.8 Å². The molecule has 2 heterocycles. The number of pyridine rings is 1. The zero-order valence-corrected chi connectivity index (χ0v) is 10.1. The molecule has 88 valence electrons. The maximum Gasteiger partial charge on any atom is 0.0922 e. The first-order chi connectivity index (χ1) is 7.60. The highest BCUT2D eigenvalue weighted by Crippen LogP contribution is 2.28. The van der Waals surface area contributed by atoms with Gasteiger partial charge in [-0.05, 0) is 30.0 Å². The molecular weight excluding hydrogens is 200 g/mol. The fourth-order valence-corrected chi connectivity index (χ4v) is 2.09. The average molecular weight is 220 g/mol. The minimum absolute atomic E-state index is 0.352. The van der Waals surface area contributed by atoms with Gasteiger partial charge in [0, 0.05) is 32.0 Å². The number of rotatable bonds is 4. The van der Waals surface area contributed by atoms with Crippen molar-refractivity contribution in [3.05, 3.63) is 30.1 Å². The Balaban J connectivity index is 1.75. The molecule has 0 aromatic carbocycles. The molecule has 0 unspecified atom stereocenters. The van der Waals surface area contributed by atoms with Gasteiger partial charge in [0.05, 0.1) is 5.60 Å². The second kappa shape index (κ2) is 4.52. The molecule has 1 N–H and O–H groups in total. The third-order valence-electron chi connectivity index (χ3n) is 3.54. The Morgan fingerprint density at radius 1 is 1.38 bits per heavy atom. The van der Waals surface area contributed by atoms with Crippen LogP contribution in [0.4, 0.5) is 0 Å². The first-order valence-corrected chi connectivity index (χ1v) is 5.94. The van der Waals surface area contributed by atoms with Crippen LogP contribution in [0.5, 0.6) is 0 Å². The Bertz CT molecular complexity index is 331. The number of hydrogen-bond donors (Lipinski definition) is 1. The Kier molecular flexibility index (Phi) is 3.26. The summed E-state index contributed by atoms with van der Waals surface area (Å²) in [5, 5.41) is 10.1. The maximum atomic E-state index is 10.1. The van der Waals surface area contributed by atoms with Gasteiger partial charge in [-0.2, -0.15) is 0 Å². The second-order valence-corrected chi connectivity index (χ2v) is 5.07. The Morgan fingerprint density at radius 3 is 2.56 bits per heavy atom. The van der Waals surface area contributed by atoms with Crippen LogP contribution in [-0.2, 0) is 6.42 Å². The highest BCUT2D eigenvalue weighted by molar-refractivity contribution is 5.10. The summed E-state index contributed by atoms with van der Waals surface area (Å²) in [6.45, 7) is 6.82. The van der Waals surface area contributed by atoms with E-state index in [4.69, 9.17) is 0 Å². The van der Waals surface area contributed by atoms with Crippen molar-refractivity contribution in [1.82, 2.24) is 9.88 Å². The molecule has 1 aromatic rings. The van der Waals surface area contributed by atoms with E-state index in [1.54, 1.807) is 0 Å². The summed E-state index contributed by atoms with van der Waals surface area (Å²) in [6, 6.07) is 4.10. The SMILES string of the molecule is CC(C)C1(O)CN(CCc2ccncc2)C1. The lowest BCUT2D eigenvalue weighted by molar-refractivity contribution is -0.126. The van der Waals surface area contributed by atoms with Gasteiger partial charge in [0.25, 0.3) is 0 Å². The largest absolute Gasteiger partial charge is 0.387 e. The third-order valence-corrected chi connectivity index (χ3v) is 3.54. The quantitative estimate of drug-likeness (QED) is 0.831. The average Bonchev–Trinajstić information content (AvgIpc) is 2.24. The molecule has 0 radical (unpaired) electrons. The summed E-state index contributed by atoms with van der Waals surface area (Å²) in [5.74, 6) is 0.352. The predicted octanol–water partition coefficient (Wildman–Crippen LogP) is 1.33. The molecule has 1 saturated heterocycles. The van der Waals surface area contributed by atoms with E-state index in [2.05, 4.69) is 35.9 Å². The van der Waals surface area contributed by atoms with Gasteiger partial charge in [0.1, 0.15) is 0 Å². The highest BCUT2D eigenvalue weighted by atomic mass is 16.3. The first-order valence-electron chi connectivity index (χ1n) is 5.94. The normalized spacial score (nSPS) is 19.8. The van der Waals surface area contributed by atoms with Gasteiger partial charge in [-0.3, -0.25) is 9.88 Å². The molecular formula is C13H20N2O. The molecule has 3 heteroatoms. The zero-order chi connectivity index (χ0) is 11.6. The second-order valence-electron chi connectivity index (χ2n) is 5.07. The third kappa shape index (κ3) is 2.42. The standard InChI is InChI=1S/C13H20N2O/c1-11(2)13(16)9-15(10-13)8-5-12-3-6-14-7-4-12/h3-4,6-7,11,16H,5,8-10H2,1-2H3. The topological polar surface area (TPSA) is 36.4 Å². The van der Waals surface area contributed by atoms with Crippen molar-refractivity contribution in [2.45, 2.75) is 25.9 Å². The predicted molar refractivity (Wildman–Crippen MR) is 64.2 cm³/mol. The number of likely N-dealkylation sites (tertiary alicyclic amines) is 1. The van der Waals surface area contributed by atoms with Gasteiger partial charge < -0.3 is 5.11 Å². The number of nitrogens with zero attached hydrogens (tertiary/aromatic N) is 2. The van der Waals surface area contributed by atoms with E-state index in [-0.39, 0.29) is 0 Å². The summed E-state index contributed by atoms with van der Waals surface area (Å²) in [5.41, 5.74) is 0.869. The van der Waals surface area contributed by atoms with E-state index in [1.807, 2.05) is 12.4 Å². The fourth-order valence-electron chi connectivity index (χ4n) is 2.09. The van der Waals surface area contributed by atoms with Crippen molar-refractivity contribution in [1.29, 1.82) is 0 Å². The number of aliphatic hydroxyl groups is 1. The molecule has 1 fully saturated rings. The fraction of sp³-hybridized carbons (Fsp3) is 0.615. The summed E-state index contributed by atoms with van der Waals surface area (Å²) in [7, 11) is 0. The van der Waals surface area contributed by atoms with E-state index in [1.165, 1.54) is 5.56 Å². The number of β-amino-alcohol motifs (C(OH)–C–C–N with tert-alkyl or cyclic N) is 1. The molecule has 0 aliphatic carbocycles. The van der Waals surface area contributed by atoms with Crippen LogP contribution in [0.3, 0.4) is 0 Å². The molecule has 0 spiro atoms. The molecule has 0 amide bonds. The molecule has 3 nitrogen and oxygen atoms in total. The van der Waals surface area contributed by atoms with Crippen LogP contribution >= 0.6 is 0 Å². The minimum atomic E-state index is -0.446. The minimum Gasteiger partial charge on any atom is -0.387 e. The Labute approximate surface area is 97.1 Å². The van der Waals surface area contributed by atoms with Crippen LogP contribution < -0.4 is 0 Å². The molecule has 1 aliphatic rings. The maximum absolute atomic E-state index is 10.1. The van der Waals surface area contributed by atoms with Crippen LogP contribution in [-0.4, -0.2) is 40.2 Å². The van der Waals surface area contributed by atoms with Crippen LogP contribution in [0.25, 0.3) is 0 Å². The van der Waals surface area contributed by atoms with Crippen molar-refractivity contribution >= 4 is 0 Å². The van der Waals surface area contributed by atoms with Gasteiger partial charge in [0.2, 0.25) is 0 Å². The van der Waals surface area contributed by atoms with Gasteiger partial charge in [-0.15, -0.1) is 0 Å². The van der Waals surface area contributed by atoms with E-state index in [9.17, 15) is 5.11 Å². The lowest BCUT2D eigenvalue weighted by atomic mass is 9.83. The van der Waals surface area contributed by atoms with Gasteiger partial charge in [0.15, 0.2) is 0 Å². The van der Waals surface area contributed by atoms with Crippen LogP contribution in [0.1, 0.15) is 19.4 Å². The van der Waals surface area contributed by atoms with E-state index in [0.29, 0.717) is 5.92 Å². The molecule has 1 aliphatic heterocycles. The van der Waals surface area contributed by atoms with Crippen LogP contribution in [0.2, 0.25) is 0 Å². The monoisotopic (exact) mass is 220 g/mol. The van der Waals surface area contributed by atoms with E-state index >= 15 is 0 Å². The number of aromatic nitrogens is 1. The van der Waals surface area contributed by atoms with Gasteiger partial charge in [-0.25, -0.2) is 0 Å². The molecule has 0 saturated carbocycles.